The van der Waals surface area contributed by atoms with E-state index in [4.69, 9.17) is 17.0 Å². The van der Waals surface area contributed by atoms with Gasteiger partial charge in [0.1, 0.15) is 0 Å². The van der Waals surface area contributed by atoms with Crippen molar-refractivity contribution in [3.63, 3.8) is 0 Å². The third kappa shape index (κ3) is 5.56. The molecule has 3 aromatic carbocycles. The first kappa shape index (κ1) is 23.8. The van der Waals surface area contributed by atoms with Crippen LogP contribution in [0.15, 0.2) is 48.5 Å². The molecule has 150 valence electrons. The number of halogens is 2. The molecule has 0 aliphatic rings. The molecule has 3 heteroatoms. The molecule has 0 fully saturated rings. The summed E-state index contributed by atoms with van der Waals surface area (Å²) in [5.74, 6) is 1.15. The van der Waals surface area contributed by atoms with Gasteiger partial charge in [0.15, 0.2) is 0 Å². The zero-order chi connectivity index (χ0) is 20.7. The van der Waals surface area contributed by atoms with Gasteiger partial charge in [-0.05, 0) is 29.4 Å². The van der Waals surface area contributed by atoms with Crippen LogP contribution < -0.4 is 0 Å². The molecule has 0 spiro atoms. The number of fused-ring (bicyclic) bond motifs is 1. The number of hydrogen-bond donors (Lipinski definition) is 0. The minimum absolute atomic E-state index is 0.532. The average Bonchev–Trinajstić information content (AvgIpc) is 3.12. The van der Waals surface area contributed by atoms with Crippen LogP contribution in [0.3, 0.4) is 0 Å². The van der Waals surface area contributed by atoms with E-state index in [-0.39, 0.29) is 0 Å². The first-order chi connectivity index (χ1) is 13.5. The molecule has 28 heavy (non-hydrogen) atoms. The SMILES string of the molecule is CCCc1ccc2[cH-]c(C(C)CC)cc2c1-c1ccccc1C(C)C.[Cl][Zr][Cl]. The molecular weight excluding hydrogens is 462 g/mol. The number of aryl methyl sites for hydroxylation is 1. The van der Waals surface area contributed by atoms with Crippen LogP contribution in [0.2, 0.25) is 0 Å². The molecule has 0 heterocycles. The summed E-state index contributed by atoms with van der Waals surface area (Å²) in [5.41, 5.74) is 7.32. The van der Waals surface area contributed by atoms with Crippen LogP contribution >= 0.6 is 17.0 Å². The fourth-order valence-electron chi connectivity index (χ4n) is 3.89. The van der Waals surface area contributed by atoms with Crippen molar-refractivity contribution in [3.05, 3.63) is 65.2 Å². The van der Waals surface area contributed by atoms with Gasteiger partial charge in [-0.15, -0.1) is 34.5 Å². The van der Waals surface area contributed by atoms with Crippen molar-refractivity contribution in [2.45, 2.75) is 65.7 Å². The van der Waals surface area contributed by atoms with Crippen LogP contribution in [0.5, 0.6) is 0 Å². The van der Waals surface area contributed by atoms with E-state index in [0.717, 1.165) is 6.42 Å². The van der Waals surface area contributed by atoms with Gasteiger partial charge in [0.05, 0.1) is 0 Å². The van der Waals surface area contributed by atoms with Crippen LogP contribution in [-0.2, 0) is 27.3 Å². The molecular formula is C25H31Cl2Zr-. The summed E-state index contributed by atoms with van der Waals surface area (Å²) in [6, 6.07) is 18.5. The molecule has 0 N–H and O–H groups in total. The molecule has 0 amide bonds. The van der Waals surface area contributed by atoms with E-state index in [9.17, 15) is 0 Å². The molecule has 0 radical (unpaired) electrons. The van der Waals surface area contributed by atoms with Gasteiger partial charge in [-0.2, -0.15) is 6.07 Å². The first-order valence-corrected chi connectivity index (χ1v) is 16.6. The van der Waals surface area contributed by atoms with Gasteiger partial charge in [0, 0.05) is 0 Å². The van der Waals surface area contributed by atoms with E-state index in [1.165, 1.54) is 51.4 Å². The fourth-order valence-corrected chi connectivity index (χ4v) is 3.89. The Hall–Kier alpha value is -0.487. The maximum absolute atomic E-state index is 4.93. The molecule has 0 aliphatic heterocycles. The Morgan fingerprint density at radius 3 is 2.29 bits per heavy atom. The summed E-state index contributed by atoms with van der Waals surface area (Å²) in [4.78, 5) is 0. The molecule has 0 aromatic heterocycles. The van der Waals surface area contributed by atoms with Gasteiger partial charge in [0.25, 0.3) is 0 Å². The van der Waals surface area contributed by atoms with Crippen molar-refractivity contribution < 1.29 is 20.8 Å². The maximum atomic E-state index is 4.93. The number of hydrogen-bond acceptors (Lipinski definition) is 0. The second kappa shape index (κ2) is 11.6. The number of benzene rings is 2. The summed E-state index contributed by atoms with van der Waals surface area (Å²) < 4.78 is 0. The summed E-state index contributed by atoms with van der Waals surface area (Å²) in [5, 5.41) is 2.83. The predicted octanol–water partition coefficient (Wildman–Crippen LogP) is 9.19. The molecule has 1 unspecified atom stereocenters. The quantitative estimate of drug-likeness (QED) is 0.300. The zero-order valence-electron chi connectivity index (χ0n) is 17.7. The Kier molecular flexibility index (Phi) is 9.89. The van der Waals surface area contributed by atoms with E-state index in [1.54, 1.807) is 0 Å². The molecule has 0 aliphatic carbocycles. The van der Waals surface area contributed by atoms with Crippen molar-refractivity contribution >= 4 is 27.8 Å². The van der Waals surface area contributed by atoms with Gasteiger partial charge in [-0.3, -0.25) is 0 Å². The van der Waals surface area contributed by atoms with Crippen LogP contribution in [0.1, 0.15) is 76.0 Å². The van der Waals surface area contributed by atoms with Crippen LogP contribution in [0.4, 0.5) is 0 Å². The second-order valence-electron chi connectivity index (χ2n) is 7.76. The predicted molar refractivity (Wildman–Crippen MR) is 123 cm³/mol. The van der Waals surface area contributed by atoms with E-state index in [2.05, 4.69) is 83.1 Å². The van der Waals surface area contributed by atoms with Crippen LogP contribution in [0, 0.1) is 0 Å². The van der Waals surface area contributed by atoms with Crippen LogP contribution in [0.25, 0.3) is 21.9 Å². The molecule has 0 saturated carbocycles. The summed E-state index contributed by atoms with van der Waals surface area (Å²) >= 11 is -0.826. The van der Waals surface area contributed by atoms with E-state index in [1.807, 2.05) is 0 Å². The molecule has 0 saturated heterocycles. The van der Waals surface area contributed by atoms with Gasteiger partial charge in [-0.1, -0.05) is 82.9 Å². The van der Waals surface area contributed by atoms with Crippen molar-refractivity contribution in [1.82, 2.24) is 0 Å². The van der Waals surface area contributed by atoms with Gasteiger partial charge in [-0.25, -0.2) is 0 Å². The Labute approximate surface area is 189 Å². The molecule has 3 rings (SSSR count). The Bertz CT molecular complexity index is 879. The van der Waals surface area contributed by atoms with Crippen molar-refractivity contribution in [2.24, 2.45) is 0 Å². The Morgan fingerprint density at radius 1 is 1.00 bits per heavy atom. The monoisotopic (exact) mass is 491 g/mol. The topological polar surface area (TPSA) is 0 Å². The van der Waals surface area contributed by atoms with Crippen molar-refractivity contribution in [2.75, 3.05) is 0 Å². The zero-order valence-corrected chi connectivity index (χ0v) is 21.6. The third-order valence-electron chi connectivity index (χ3n) is 5.55. The van der Waals surface area contributed by atoms with Crippen molar-refractivity contribution in [1.29, 1.82) is 0 Å². The second-order valence-corrected chi connectivity index (χ2v) is 11.5. The molecule has 0 nitrogen and oxygen atoms in total. The summed E-state index contributed by atoms with van der Waals surface area (Å²) in [6.45, 7) is 11.5. The minimum atomic E-state index is -0.826. The first-order valence-electron chi connectivity index (χ1n) is 10.3. The van der Waals surface area contributed by atoms with Gasteiger partial charge >= 0.3 is 37.9 Å². The van der Waals surface area contributed by atoms with Crippen molar-refractivity contribution in [3.8, 4) is 11.1 Å². The number of rotatable bonds is 6. The van der Waals surface area contributed by atoms with E-state index >= 15 is 0 Å². The average molecular weight is 494 g/mol. The fraction of sp³-hybridized carbons (Fsp3) is 0.400. The third-order valence-corrected chi connectivity index (χ3v) is 5.55. The van der Waals surface area contributed by atoms with E-state index in [0.29, 0.717) is 11.8 Å². The molecule has 1 atom stereocenters. The summed E-state index contributed by atoms with van der Waals surface area (Å²) in [7, 11) is 9.87. The van der Waals surface area contributed by atoms with Gasteiger partial charge < -0.3 is 0 Å². The normalized spacial score (nSPS) is 12.0. The van der Waals surface area contributed by atoms with E-state index < -0.39 is 20.8 Å². The standard InChI is InChI=1S/C25H31.2ClH.Zr/c1-6-10-19-13-14-20-15-21(18(5)7-2)16-24(20)25(19)23-12-9-8-11-22(23)17(3)4;;;/h8-9,11-18H,6-7,10H2,1-5H3;2*1H;/q-1;;;+2/p-2. The Balaban J connectivity index is 0.000000878. The Morgan fingerprint density at radius 2 is 1.68 bits per heavy atom. The summed E-state index contributed by atoms with van der Waals surface area (Å²) in [6.07, 6.45) is 3.51. The van der Waals surface area contributed by atoms with Crippen LogP contribution in [-0.4, -0.2) is 0 Å². The van der Waals surface area contributed by atoms with Gasteiger partial charge in [0.2, 0.25) is 0 Å². The molecule has 0 bridgehead atoms. The molecule has 3 aromatic rings.